The molecule has 0 aliphatic carbocycles. The zero-order valence-electron chi connectivity index (χ0n) is 18.2. The van der Waals surface area contributed by atoms with Gasteiger partial charge in [-0.15, -0.1) is 24.0 Å². The lowest BCUT2D eigenvalue weighted by molar-refractivity contribution is 0.321. The highest BCUT2D eigenvalue weighted by Gasteiger charge is 2.23. The number of guanidine groups is 1. The largest absolute Gasteiger partial charge is 0.497 e. The van der Waals surface area contributed by atoms with E-state index in [1.54, 1.807) is 21.3 Å². The number of nitrogens with zero attached hydrogens (tertiary/aromatic N) is 3. The molecule has 7 nitrogen and oxygen atoms in total. The Bertz CT molecular complexity index is 906. The molecule has 1 aliphatic rings. The molecular formula is C23H30IN5O2. The predicted molar refractivity (Wildman–Crippen MR) is 133 cm³/mol. The van der Waals surface area contributed by atoms with Gasteiger partial charge in [-0.25, -0.2) is 0 Å². The summed E-state index contributed by atoms with van der Waals surface area (Å²) in [6.07, 6.45) is 1.05. The Hall–Kier alpha value is -2.51. The Balaban J connectivity index is 0.00000341. The summed E-state index contributed by atoms with van der Waals surface area (Å²) in [6.45, 7) is 3.41. The van der Waals surface area contributed by atoms with Crippen molar-refractivity contribution in [3.05, 3.63) is 59.2 Å². The third-order valence-corrected chi connectivity index (χ3v) is 5.17. The summed E-state index contributed by atoms with van der Waals surface area (Å²) in [6, 6.07) is 16.1. The molecule has 0 spiro atoms. The van der Waals surface area contributed by atoms with Gasteiger partial charge in [0.2, 0.25) is 0 Å². The molecule has 1 unspecified atom stereocenters. The minimum absolute atomic E-state index is 0. The Kier molecular flexibility index (Phi) is 9.88. The molecule has 0 amide bonds. The molecule has 8 heteroatoms. The zero-order chi connectivity index (χ0) is 21.3. The maximum absolute atomic E-state index is 9.04. The van der Waals surface area contributed by atoms with Crippen LogP contribution in [0, 0.1) is 11.3 Å². The fourth-order valence-corrected chi connectivity index (χ4v) is 3.63. The highest BCUT2D eigenvalue weighted by Crippen LogP contribution is 2.24. The number of benzene rings is 2. The maximum atomic E-state index is 9.04. The second-order valence-electron chi connectivity index (χ2n) is 7.32. The number of halogens is 1. The number of methoxy groups -OCH3 is 2. The number of nitrogens with one attached hydrogen (secondary N) is 2. The van der Waals surface area contributed by atoms with Crippen molar-refractivity contribution in [3.8, 4) is 17.6 Å². The molecule has 1 atom stereocenters. The van der Waals surface area contributed by atoms with Gasteiger partial charge in [0.25, 0.3) is 0 Å². The SMILES string of the molecule is CN=C(NCc1cccc(C#N)c1)NC1CCN(Cc2cc(OC)cc(OC)c2)C1.I. The molecule has 31 heavy (non-hydrogen) atoms. The standard InChI is InChI=1S/C23H29N5O2.HI/c1-25-23(26-14-18-6-4-5-17(9-18)13-24)27-20-7-8-28(16-20)15-19-10-21(29-2)12-22(11-19)30-3;/h4-6,9-12,20H,7-8,14-16H2,1-3H3,(H2,25,26,27);1H. The zero-order valence-corrected chi connectivity index (χ0v) is 20.6. The van der Waals surface area contributed by atoms with E-state index in [1.807, 2.05) is 30.3 Å². The number of nitriles is 1. The summed E-state index contributed by atoms with van der Waals surface area (Å²) in [4.78, 5) is 6.75. The summed E-state index contributed by atoms with van der Waals surface area (Å²) in [5.41, 5.74) is 2.89. The van der Waals surface area contributed by atoms with E-state index in [0.717, 1.165) is 49.1 Å². The van der Waals surface area contributed by atoms with Crippen molar-refractivity contribution in [2.24, 2.45) is 4.99 Å². The van der Waals surface area contributed by atoms with Gasteiger partial charge in [0, 0.05) is 45.3 Å². The van der Waals surface area contributed by atoms with Crippen LogP contribution < -0.4 is 20.1 Å². The van der Waals surface area contributed by atoms with Crippen molar-refractivity contribution < 1.29 is 9.47 Å². The van der Waals surface area contributed by atoms with Crippen LogP contribution in [0.25, 0.3) is 0 Å². The third kappa shape index (κ3) is 7.29. The van der Waals surface area contributed by atoms with Crippen molar-refractivity contribution in [2.75, 3.05) is 34.4 Å². The minimum atomic E-state index is 0. The van der Waals surface area contributed by atoms with Crippen LogP contribution in [0.4, 0.5) is 0 Å². The van der Waals surface area contributed by atoms with E-state index < -0.39 is 0 Å². The molecular weight excluding hydrogens is 505 g/mol. The molecule has 1 heterocycles. The first-order chi connectivity index (χ1) is 14.6. The molecule has 1 saturated heterocycles. The first kappa shape index (κ1) is 24.8. The van der Waals surface area contributed by atoms with Crippen molar-refractivity contribution in [1.82, 2.24) is 15.5 Å². The van der Waals surface area contributed by atoms with Crippen LogP contribution in [-0.2, 0) is 13.1 Å². The summed E-state index contributed by atoms with van der Waals surface area (Å²) in [5.74, 6) is 2.39. The predicted octanol–water partition coefficient (Wildman–Crippen LogP) is 3.13. The van der Waals surface area contributed by atoms with Crippen molar-refractivity contribution >= 4 is 29.9 Å². The molecule has 2 aromatic rings. The normalized spacial score (nSPS) is 16.2. The van der Waals surface area contributed by atoms with Crippen molar-refractivity contribution in [3.63, 3.8) is 0 Å². The molecule has 0 bridgehead atoms. The van der Waals surface area contributed by atoms with E-state index in [9.17, 15) is 0 Å². The number of aliphatic imine (C=N–C) groups is 1. The Labute approximate surface area is 201 Å². The minimum Gasteiger partial charge on any atom is -0.497 e. The van der Waals surface area contributed by atoms with Crippen LogP contribution in [0.2, 0.25) is 0 Å². The quantitative estimate of drug-likeness (QED) is 0.322. The number of rotatable bonds is 7. The second-order valence-corrected chi connectivity index (χ2v) is 7.32. The number of hydrogen-bond donors (Lipinski definition) is 2. The Morgan fingerprint density at radius 1 is 1.16 bits per heavy atom. The number of hydrogen-bond acceptors (Lipinski definition) is 5. The van der Waals surface area contributed by atoms with Crippen LogP contribution in [0.5, 0.6) is 11.5 Å². The van der Waals surface area contributed by atoms with Gasteiger partial charge in [0.1, 0.15) is 11.5 Å². The summed E-state index contributed by atoms with van der Waals surface area (Å²) in [7, 11) is 5.11. The summed E-state index contributed by atoms with van der Waals surface area (Å²) >= 11 is 0. The Morgan fingerprint density at radius 3 is 2.55 bits per heavy atom. The fourth-order valence-electron chi connectivity index (χ4n) is 3.63. The van der Waals surface area contributed by atoms with E-state index >= 15 is 0 Å². The van der Waals surface area contributed by atoms with Crippen LogP contribution in [0.15, 0.2) is 47.5 Å². The average Bonchev–Trinajstić information content (AvgIpc) is 3.22. The van der Waals surface area contributed by atoms with Gasteiger partial charge in [0.05, 0.1) is 25.9 Å². The van der Waals surface area contributed by atoms with Gasteiger partial charge < -0.3 is 20.1 Å². The first-order valence-electron chi connectivity index (χ1n) is 10.0. The lowest BCUT2D eigenvalue weighted by Gasteiger charge is -2.19. The molecule has 2 aromatic carbocycles. The molecule has 3 rings (SSSR count). The van der Waals surface area contributed by atoms with Gasteiger partial charge in [0.15, 0.2) is 5.96 Å². The van der Waals surface area contributed by atoms with Crippen molar-refractivity contribution in [1.29, 1.82) is 5.26 Å². The highest BCUT2D eigenvalue weighted by molar-refractivity contribution is 14.0. The summed E-state index contributed by atoms with van der Waals surface area (Å²) in [5, 5.41) is 15.9. The lowest BCUT2D eigenvalue weighted by atomic mass is 10.1. The van der Waals surface area contributed by atoms with Crippen LogP contribution in [-0.4, -0.2) is 51.3 Å². The average molecular weight is 535 g/mol. The molecule has 1 fully saturated rings. The molecule has 1 aliphatic heterocycles. The van der Waals surface area contributed by atoms with E-state index in [-0.39, 0.29) is 24.0 Å². The van der Waals surface area contributed by atoms with Crippen LogP contribution in [0.3, 0.4) is 0 Å². The van der Waals surface area contributed by atoms with E-state index in [1.165, 1.54) is 5.56 Å². The first-order valence-corrected chi connectivity index (χ1v) is 10.0. The second kappa shape index (κ2) is 12.4. The highest BCUT2D eigenvalue weighted by atomic mass is 127. The van der Waals surface area contributed by atoms with E-state index in [0.29, 0.717) is 18.2 Å². The fraction of sp³-hybridized carbons (Fsp3) is 0.391. The monoisotopic (exact) mass is 535 g/mol. The van der Waals surface area contributed by atoms with Gasteiger partial charge >= 0.3 is 0 Å². The van der Waals surface area contributed by atoms with Gasteiger partial charge in [-0.2, -0.15) is 5.26 Å². The Morgan fingerprint density at radius 2 is 1.90 bits per heavy atom. The molecule has 0 aromatic heterocycles. The number of likely N-dealkylation sites (tertiary alicyclic amines) is 1. The molecule has 2 N–H and O–H groups in total. The third-order valence-electron chi connectivity index (χ3n) is 5.17. The van der Waals surface area contributed by atoms with E-state index in [2.05, 4.69) is 38.7 Å². The maximum Gasteiger partial charge on any atom is 0.191 e. The number of ether oxygens (including phenoxy) is 2. The molecule has 0 radical (unpaired) electrons. The van der Waals surface area contributed by atoms with Crippen molar-refractivity contribution in [2.45, 2.75) is 25.6 Å². The lowest BCUT2D eigenvalue weighted by Crippen LogP contribution is -2.44. The summed E-state index contributed by atoms with van der Waals surface area (Å²) < 4.78 is 10.8. The van der Waals surface area contributed by atoms with Gasteiger partial charge in [-0.3, -0.25) is 9.89 Å². The van der Waals surface area contributed by atoms with Crippen LogP contribution >= 0.6 is 24.0 Å². The van der Waals surface area contributed by atoms with Crippen LogP contribution in [0.1, 0.15) is 23.1 Å². The van der Waals surface area contributed by atoms with E-state index in [4.69, 9.17) is 14.7 Å². The smallest absolute Gasteiger partial charge is 0.191 e. The van der Waals surface area contributed by atoms with Gasteiger partial charge in [-0.1, -0.05) is 12.1 Å². The van der Waals surface area contributed by atoms with Gasteiger partial charge in [-0.05, 0) is 41.8 Å². The topological polar surface area (TPSA) is 81.9 Å². The molecule has 166 valence electrons. The molecule has 0 saturated carbocycles.